The lowest BCUT2D eigenvalue weighted by Crippen LogP contribution is -2.40. The molecule has 1 aromatic rings. The van der Waals surface area contributed by atoms with Gasteiger partial charge in [0, 0.05) is 21.7 Å². The van der Waals surface area contributed by atoms with E-state index < -0.39 is 24.5 Å². The zero-order valence-electron chi connectivity index (χ0n) is 10.3. The van der Waals surface area contributed by atoms with E-state index in [1.165, 1.54) is 6.07 Å². The average Bonchev–Trinajstić information content (AvgIpc) is 2.33. The molecule has 112 valence electrons. The van der Waals surface area contributed by atoms with Gasteiger partial charge in [0.25, 0.3) is 0 Å². The van der Waals surface area contributed by atoms with E-state index in [0.29, 0.717) is 15.2 Å². The summed E-state index contributed by atoms with van der Waals surface area (Å²) >= 11 is 9.13. The predicted molar refractivity (Wildman–Crippen MR) is 75.3 cm³/mol. The van der Waals surface area contributed by atoms with Gasteiger partial charge in [-0.1, -0.05) is 16.8 Å². The maximum absolute atomic E-state index is 12.8. The number of nitrogens with two attached hydrogens (primary N) is 1. The number of amidine groups is 1. The summed E-state index contributed by atoms with van der Waals surface area (Å²) in [6, 6.07) is 3.18. The number of halogens is 5. The minimum Gasteiger partial charge on any atom is -0.409 e. The van der Waals surface area contributed by atoms with Crippen LogP contribution in [0.3, 0.4) is 0 Å². The minimum atomic E-state index is -4.62. The molecule has 0 aliphatic rings. The van der Waals surface area contributed by atoms with Crippen LogP contribution in [0.4, 0.5) is 18.9 Å². The fraction of sp³-hybridized carbons (Fsp3) is 0.364. The van der Waals surface area contributed by atoms with Crippen molar-refractivity contribution < 1.29 is 18.4 Å². The summed E-state index contributed by atoms with van der Waals surface area (Å²) in [5.74, 6) is -3.00. The van der Waals surface area contributed by atoms with Crippen molar-refractivity contribution in [3.05, 3.63) is 27.2 Å². The van der Waals surface area contributed by atoms with Gasteiger partial charge in [0.2, 0.25) is 0 Å². The van der Waals surface area contributed by atoms with Gasteiger partial charge in [-0.3, -0.25) is 0 Å². The van der Waals surface area contributed by atoms with Crippen molar-refractivity contribution in [1.29, 1.82) is 0 Å². The third kappa shape index (κ3) is 4.17. The Bertz CT molecular complexity index is 522. The highest BCUT2D eigenvalue weighted by atomic mass is 79.9. The number of anilines is 1. The molecule has 0 spiro atoms. The Labute approximate surface area is 126 Å². The highest BCUT2D eigenvalue weighted by Gasteiger charge is 2.42. The van der Waals surface area contributed by atoms with Crippen LogP contribution in [0.5, 0.6) is 0 Å². The van der Waals surface area contributed by atoms with Gasteiger partial charge < -0.3 is 16.3 Å². The SMILES string of the molecule is Cc1cc(Br)c(NCC(/C(N)=N/O)C(F)(F)F)cc1Cl. The predicted octanol–water partition coefficient (Wildman–Crippen LogP) is 3.75. The lowest BCUT2D eigenvalue weighted by Gasteiger charge is -2.20. The number of hydrogen-bond acceptors (Lipinski definition) is 3. The van der Waals surface area contributed by atoms with Crippen molar-refractivity contribution in [2.24, 2.45) is 16.8 Å². The summed E-state index contributed by atoms with van der Waals surface area (Å²) in [7, 11) is 0. The van der Waals surface area contributed by atoms with Gasteiger partial charge in [0.15, 0.2) is 5.84 Å². The molecule has 1 atom stereocenters. The summed E-state index contributed by atoms with van der Waals surface area (Å²) in [6.07, 6.45) is -4.62. The highest BCUT2D eigenvalue weighted by molar-refractivity contribution is 9.10. The van der Waals surface area contributed by atoms with Crippen LogP contribution in [-0.2, 0) is 0 Å². The van der Waals surface area contributed by atoms with E-state index in [-0.39, 0.29) is 0 Å². The van der Waals surface area contributed by atoms with Crippen molar-refractivity contribution in [2.75, 3.05) is 11.9 Å². The maximum atomic E-state index is 12.8. The van der Waals surface area contributed by atoms with E-state index in [1.54, 1.807) is 13.0 Å². The van der Waals surface area contributed by atoms with Gasteiger partial charge in [-0.05, 0) is 40.5 Å². The molecule has 0 amide bonds. The van der Waals surface area contributed by atoms with Crippen LogP contribution in [0, 0.1) is 12.8 Å². The lowest BCUT2D eigenvalue weighted by molar-refractivity contribution is -0.152. The molecule has 1 aromatic carbocycles. The summed E-state index contributed by atoms with van der Waals surface area (Å²) in [5, 5.41) is 13.8. The van der Waals surface area contributed by atoms with Crippen molar-refractivity contribution in [1.82, 2.24) is 0 Å². The fourth-order valence-electron chi connectivity index (χ4n) is 1.45. The second kappa shape index (κ2) is 6.53. The first-order valence-corrected chi connectivity index (χ1v) is 6.57. The van der Waals surface area contributed by atoms with Crippen molar-refractivity contribution in [3.8, 4) is 0 Å². The second-order valence-corrected chi connectivity index (χ2v) is 5.34. The Balaban J connectivity index is 2.91. The number of alkyl halides is 3. The van der Waals surface area contributed by atoms with Gasteiger partial charge in [-0.2, -0.15) is 13.2 Å². The normalized spacial score (nSPS) is 14.2. The first-order chi connectivity index (χ1) is 9.16. The van der Waals surface area contributed by atoms with E-state index in [0.717, 1.165) is 5.56 Å². The molecular weight excluding hydrogens is 362 g/mol. The first-order valence-electron chi connectivity index (χ1n) is 5.40. The largest absolute Gasteiger partial charge is 0.409 e. The number of rotatable bonds is 4. The molecule has 4 nitrogen and oxygen atoms in total. The van der Waals surface area contributed by atoms with E-state index in [9.17, 15) is 13.2 Å². The van der Waals surface area contributed by atoms with Crippen LogP contribution in [0.15, 0.2) is 21.8 Å². The van der Waals surface area contributed by atoms with Crippen LogP contribution in [-0.4, -0.2) is 23.8 Å². The van der Waals surface area contributed by atoms with Crippen LogP contribution in [0.2, 0.25) is 5.02 Å². The van der Waals surface area contributed by atoms with Crippen LogP contribution < -0.4 is 11.1 Å². The molecule has 1 unspecified atom stereocenters. The molecule has 0 saturated carbocycles. The average molecular weight is 375 g/mol. The Kier molecular flexibility index (Phi) is 5.52. The summed E-state index contributed by atoms with van der Waals surface area (Å²) in [5.41, 5.74) is 6.24. The lowest BCUT2D eigenvalue weighted by atomic mass is 10.1. The molecule has 0 radical (unpaired) electrons. The molecule has 20 heavy (non-hydrogen) atoms. The third-order valence-electron chi connectivity index (χ3n) is 2.61. The first kappa shape index (κ1) is 16.9. The van der Waals surface area contributed by atoms with Crippen LogP contribution >= 0.6 is 27.5 Å². The van der Waals surface area contributed by atoms with Crippen LogP contribution in [0.25, 0.3) is 0 Å². The third-order valence-corrected chi connectivity index (χ3v) is 3.68. The molecule has 0 aliphatic carbocycles. The summed E-state index contributed by atoms with van der Waals surface area (Å²) in [4.78, 5) is 0. The Morgan fingerprint density at radius 2 is 2.15 bits per heavy atom. The Hall–Kier alpha value is -1.15. The molecule has 1 rings (SSSR count). The molecule has 0 fully saturated rings. The molecule has 0 bridgehead atoms. The molecule has 0 aromatic heterocycles. The number of oxime groups is 1. The van der Waals surface area contributed by atoms with Crippen molar-refractivity contribution in [3.63, 3.8) is 0 Å². The van der Waals surface area contributed by atoms with Crippen molar-refractivity contribution in [2.45, 2.75) is 13.1 Å². The quantitative estimate of drug-likeness (QED) is 0.325. The number of hydrogen-bond donors (Lipinski definition) is 3. The summed E-state index contributed by atoms with van der Waals surface area (Å²) < 4.78 is 38.8. The molecule has 0 saturated heterocycles. The number of aryl methyl sites for hydroxylation is 1. The minimum absolute atomic E-state index is 0.389. The molecule has 4 N–H and O–H groups in total. The standard InChI is InChI=1S/C11H12BrClF3N3O/c1-5-2-7(12)9(3-8(5)13)18-4-6(10(17)19-20)11(14,15)16/h2-3,6,18,20H,4H2,1H3,(H2,17,19). The zero-order chi connectivity index (χ0) is 15.5. The molecule has 0 heterocycles. The van der Waals surface area contributed by atoms with Gasteiger partial charge in [-0.15, -0.1) is 0 Å². The highest BCUT2D eigenvalue weighted by Crippen LogP contribution is 2.31. The topological polar surface area (TPSA) is 70.6 Å². The van der Waals surface area contributed by atoms with Gasteiger partial charge >= 0.3 is 6.18 Å². The van der Waals surface area contributed by atoms with Gasteiger partial charge in [-0.25, -0.2) is 0 Å². The Morgan fingerprint density at radius 1 is 1.55 bits per heavy atom. The van der Waals surface area contributed by atoms with E-state index in [1.807, 2.05) is 0 Å². The van der Waals surface area contributed by atoms with Crippen molar-refractivity contribution >= 4 is 39.1 Å². The number of nitrogens with zero attached hydrogens (tertiary/aromatic N) is 1. The summed E-state index contributed by atoms with van der Waals surface area (Å²) in [6.45, 7) is 1.20. The monoisotopic (exact) mass is 373 g/mol. The second-order valence-electron chi connectivity index (χ2n) is 4.08. The maximum Gasteiger partial charge on any atom is 0.400 e. The molecular formula is C11H12BrClF3N3O. The molecule has 0 aliphatic heterocycles. The number of benzene rings is 1. The van der Waals surface area contributed by atoms with E-state index in [2.05, 4.69) is 26.4 Å². The number of nitrogens with one attached hydrogen (secondary N) is 1. The Morgan fingerprint density at radius 3 is 2.65 bits per heavy atom. The van der Waals surface area contributed by atoms with E-state index >= 15 is 0 Å². The zero-order valence-corrected chi connectivity index (χ0v) is 12.6. The van der Waals surface area contributed by atoms with Gasteiger partial charge in [0.1, 0.15) is 5.92 Å². The fourth-order valence-corrected chi connectivity index (χ4v) is 2.21. The van der Waals surface area contributed by atoms with E-state index in [4.69, 9.17) is 22.5 Å². The van der Waals surface area contributed by atoms with Crippen LogP contribution in [0.1, 0.15) is 5.56 Å². The molecule has 9 heteroatoms. The van der Waals surface area contributed by atoms with Gasteiger partial charge in [0.05, 0.1) is 0 Å². The smallest absolute Gasteiger partial charge is 0.400 e.